The molecule has 4 nitrogen and oxygen atoms in total. The van der Waals surface area contributed by atoms with Gasteiger partial charge in [0.25, 0.3) is 5.22 Å². The molecule has 0 aliphatic heterocycles. The number of nitriles is 1. The van der Waals surface area contributed by atoms with E-state index in [1.54, 1.807) is 23.9 Å². The fourth-order valence-corrected chi connectivity index (χ4v) is 2.29. The summed E-state index contributed by atoms with van der Waals surface area (Å²) < 4.78 is 5.56. The maximum absolute atomic E-state index is 8.40. The number of aromatic nitrogens is 1. The van der Waals surface area contributed by atoms with Gasteiger partial charge in [0.05, 0.1) is 6.07 Å². The summed E-state index contributed by atoms with van der Waals surface area (Å²) in [4.78, 5) is 4.34. The lowest BCUT2D eigenvalue weighted by molar-refractivity contribution is 0.489. The minimum absolute atomic E-state index is 0.616. The topological polar surface area (TPSA) is 75.8 Å². The Labute approximate surface area is 104 Å². The number of nitrogen functional groups attached to an aromatic ring is 1. The van der Waals surface area contributed by atoms with Crippen molar-refractivity contribution in [1.29, 1.82) is 5.26 Å². The van der Waals surface area contributed by atoms with Gasteiger partial charge in [0.15, 0.2) is 5.58 Å². The Morgan fingerprint density at radius 2 is 2.29 bits per heavy atom. The van der Waals surface area contributed by atoms with Crippen molar-refractivity contribution >= 4 is 28.5 Å². The number of nitrogens with zero attached hydrogens (tertiary/aromatic N) is 2. The number of thioether (sulfide) groups is 1. The van der Waals surface area contributed by atoms with Crippen LogP contribution in [0, 0.1) is 11.3 Å². The molecule has 0 atom stereocenters. The number of unbranched alkanes of at least 4 members (excludes halogenated alkanes) is 2. The lowest BCUT2D eigenvalue weighted by Crippen LogP contribution is -1.82. The monoisotopic (exact) mass is 247 g/mol. The SMILES string of the molecule is N#CCCCCSc1nc2cc(N)ccc2o1. The van der Waals surface area contributed by atoms with Crippen molar-refractivity contribution < 1.29 is 4.42 Å². The van der Waals surface area contributed by atoms with Crippen LogP contribution >= 0.6 is 11.8 Å². The number of hydrogen-bond donors (Lipinski definition) is 1. The molecule has 0 spiro atoms. The van der Waals surface area contributed by atoms with Crippen LogP contribution in [0.25, 0.3) is 11.1 Å². The van der Waals surface area contributed by atoms with Crippen LogP contribution in [0.3, 0.4) is 0 Å². The fraction of sp³-hybridized carbons (Fsp3) is 0.333. The highest BCUT2D eigenvalue weighted by molar-refractivity contribution is 7.99. The van der Waals surface area contributed by atoms with Crippen LogP contribution in [-0.2, 0) is 0 Å². The molecule has 0 fully saturated rings. The third-order valence-corrected chi connectivity index (χ3v) is 3.21. The number of oxazole rings is 1. The van der Waals surface area contributed by atoms with Gasteiger partial charge >= 0.3 is 0 Å². The molecule has 1 heterocycles. The molecule has 0 saturated carbocycles. The van der Waals surface area contributed by atoms with Crippen LogP contribution < -0.4 is 5.73 Å². The second-order valence-electron chi connectivity index (χ2n) is 3.67. The van der Waals surface area contributed by atoms with Crippen molar-refractivity contribution in [3.05, 3.63) is 18.2 Å². The van der Waals surface area contributed by atoms with Gasteiger partial charge in [0.2, 0.25) is 0 Å². The van der Waals surface area contributed by atoms with E-state index in [-0.39, 0.29) is 0 Å². The van der Waals surface area contributed by atoms with E-state index in [2.05, 4.69) is 11.1 Å². The highest BCUT2D eigenvalue weighted by Crippen LogP contribution is 2.25. The second-order valence-corrected chi connectivity index (χ2v) is 4.72. The Morgan fingerprint density at radius 3 is 3.12 bits per heavy atom. The number of benzene rings is 1. The molecule has 5 heteroatoms. The zero-order valence-corrected chi connectivity index (χ0v) is 10.2. The molecular weight excluding hydrogens is 234 g/mol. The number of nitrogens with two attached hydrogens (primary N) is 1. The van der Waals surface area contributed by atoms with Crippen molar-refractivity contribution in [2.75, 3.05) is 11.5 Å². The van der Waals surface area contributed by atoms with Gasteiger partial charge in [-0.15, -0.1) is 0 Å². The van der Waals surface area contributed by atoms with E-state index in [1.807, 2.05) is 6.07 Å². The third kappa shape index (κ3) is 3.14. The van der Waals surface area contributed by atoms with Crippen LogP contribution in [0.15, 0.2) is 27.8 Å². The van der Waals surface area contributed by atoms with Crippen LogP contribution in [0.1, 0.15) is 19.3 Å². The van der Waals surface area contributed by atoms with Crippen LogP contribution in [0.2, 0.25) is 0 Å². The fourth-order valence-electron chi connectivity index (χ4n) is 1.45. The van der Waals surface area contributed by atoms with Crippen molar-refractivity contribution in [3.8, 4) is 6.07 Å². The molecule has 0 radical (unpaired) electrons. The molecule has 0 bridgehead atoms. The minimum Gasteiger partial charge on any atom is -0.431 e. The quantitative estimate of drug-likeness (QED) is 0.499. The molecule has 1 aromatic carbocycles. The average Bonchev–Trinajstić information content (AvgIpc) is 2.70. The van der Waals surface area contributed by atoms with Gasteiger partial charge in [-0.2, -0.15) is 5.26 Å². The summed E-state index contributed by atoms with van der Waals surface area (Å²) in [6, 6.07) is 7.57. The largest absolute Gasteiger partial charge is 0.431 e. The van der Waals surface area contributed by atoms with Crippen molar-refractivity contribution in [1.82, 2.24) is 4.98 Å². The first-order valence-electron chi connectivity index (χ1n) is 5.45. The predicted molar refractivity (Wildman–Crippen MR) is 68.6 cm³/mol. The summed E-state index contributed by atoms with van der Waals surface area (Å²) in [7, 11) is 0. The Bertz CT molecular complexity index is 544. The highest BCUT2D eigenvalue weighted by atomic mass is 32.2. The van der Waals surface area contributed by atoms with E-state index in [4.69, 9.17) is 15.4 Å². The molecule has 0 saturated heterocycles. The molecule has 0 aliphatic carbocycles. The molecule has 2 rings (SSSR count). The molecule has 2 N–H and O–H groups in total. The van der Waals surface area contributed by atoms with Crippen LogP contribution in [-0.4, -0.2) is 10.7 Å². The standard InChI is InChI=1S/C12H13N3OS/c13-6-2-1-3-7-17-12-15-10-8-9(14)4-5-11(10)16-12/h4-5,8H,1-3,7,14H2. The molecule has 17 heavy (non-hydrogen) atoms. The summed E-state index contributed by atoms with van der Waals surface area (Å²) in [6.07, 6.45) is 2.54. The molecule has 0 unspecified atom stereocenters. The van der Waals surface area contributed by atoms with Gasteiger partial charge in [-0.3, -0.25) is 0 Å². The number of hydrogen-bond acceptors (Lipinski definition) is 5. The summed E-state index contributed by atoms with van der Waals surface area (Å²) in [5, 5.41) is 9.07. The van der Waals surface area contributed by atoms with Crippen LogP contribution in [0.5, 0.6) is 0 Å². The number of anilines is 1. The first-order chi connectivity index (χ1) is 8.29. The zero-order valence-electron chi connectivity index (χ0n) is 9.35. The van der Waals surface area contributed by atoms with Crippen LogP contribution in [0.4, 0.5) is 5.69 Å². The Balaban J connectivity index is 1.93. The predicted octanol–water partition coefficient (Wildman–Crippen LogP) is 3.20. The van der Waals surface area contributed by atoms with Gasteiger partial charge in [0.1, 0.15) is 5.52 Å². The Morgan fingerprint density at radius 1 is 1.41 bits per heavy atom. The average molecular weight is 247 g/mol. The van der Waals surface area contributed by atoms with Crippen molar-refractivity contribution in [2.24, 2.45) is 0 Å². The van der Waals surface area contributed by atoms with Gasteiger partial charge < -0.3 is 10.2 Å². The first kappa shape index (κ1) is 11.8. The highest BCUT2D eigenvalue weighted by Gasteiger charge is 2.05. The number of rotatable bonds is 5. The molecule has 2 aromatic rings. The minimum atomic E-state index is 0.616. The van der Waals surface area contributed by atoms with Crippen molar-refractivity contribution in [2.45, 2.75) is 24.5 Å². The lowest BCUT2D eigenvalue weighted by atomic mass is 10.3. The normalized spacial score (nSPS) is 10.5. The van der Waals surface area contributed by atoms with Gasteiger partial charge in [0, 0.05) is 17.9 Å². The van der Waals surface area contributed by atoms with E-state index in [0.29, 0.717) is 17.3 Å². The first-order valence-corrected chi connectivity index (χ1v) is 6.44. The van der Waals surface area contributed by atoms with E-state index in [9.17, 15) is 0 Å². The summed E-state index contributed by atoms with van der Waals surface area (Å²) in [5.41, 5.74) is 7.92. The summed E-state index contributed by atoms with van der Waals surface area (Å²) >= 11 is 1.57. The van der Waals surface area contributed by atoms with Gasteiger partial charge in [-0.1, -0.05) is 11.8 Å². The van der Waals surface area contributed by atoms with E-state index < -0.39 is 0 Å². The van der Waals surface area contributed by atoms with E-state index in [1.165, 1.54) is 0 Å². The molecular formula is C12H13N3OS. The van der Waals surface area contributed by atoms with E-state index >= 15 is 0 Å². The molecule has 0 amide bonds. The molecule has 1 aromatic heterocycles. The number of fused-ring (bicyclic) bond motifs is 1. The second kappa shape index (κ2) is 5.60. The van der Waals surface area contributed by atoms with E-state index in [0.717, 1.165) is 29.7 Å². The summed E-state index contributed by atoms with van der Waals surface area (Å²) in [5.74, 6) is 0.921. The summed E-state index contributed by atoms with van der Waals surface area (Å²) in [6.45, 7) is 0. The third-order valence-electron chi connectivity index (χ3n) is 2.30. The van der Waals surface area contributed by atoms with Gasteiger partial charge in [-0.05, 0) is 31.0 Å². The van der Waals surface area contributed by atoms with Gasteiger partial charge in [-0.25, -0.2) is 4.98 Å². The Kier molecular flexibility index (Phi) is 3.89. The smallest absolute Gasteiger partial charge is 0.256 e. The molecule has 88 valence electrons. The zero-order chi connectivity index (χ0) is 12.1. The lowest BCUT2D eigenvalue weighted by Gasteiger charge is -1.93. The van der Waals surface area contributed by atoms with Crippen molar-refractivity contribution in [3.63, 3.8) is 0 Å². The maximum Gasteiger partial charge on any atom is 0.256 e. The molecule has 0 aliphatic rings. The Hall–Kier alpha value is -1.67. The maximum atomic E-state index is 8.40.